The summed E-state index contributed by atoms with van der Waals surface area (Å²) >= 11 is 1.34. The fraction of sp³-hybridized carbons (Fsp3) is 0.0833. The van der Waals surface area contributed by atoms with Gasteiger partial charge >= 0.3 is 0 Å². The minimum atomic E-state index is -0.479. The van der Waals surface area contributed by atoms with Crippen molar-refractivity contribution in [2.75, 3.05) is 5.32 Å². The Hall–Kier alpha value is -2.28. The molecule has 0 aliphatic rings. The number of imidazole rings is 1. The van der Waals surface area contributed by atoms with Gasteiger partial charge in [-0.3, -0.25) is 4.79 Å². The SMILES string of the molecule is Cc1nc2scnn2c1C(=O)Nc1ccccc1F. The van der Waals surface area contributed by atoms with Gasteiger partial charge in [0.1, 0.15) is 11.3 Å². The lowest BCUT2D eigenvalue weighted by atomic mass is 10.2. The second kappa shape index (κ2) is 4.43. The number of carbonyl (C=O) groups excluding carboxylic acids is 1. The minimum absolute atomic E-state index is 0.136. The van der Waals surface area contributed by atoms with E-state index in [0.29, 0.717) is 16.3 Å². The third-order valence-corrected chi connectivity index (χ3v) is 3.33. The van der Waals surface area contributed by atoms with Crippen LogP contribution in [0.5, 0.6) is 0 Å². The van der Waals surface area contributed by atoms with Crippen LogP contribution in [0.15, 0.2) is 29.8 Å². The highest BCUT2D eigenvalue weighted by atomic mass is 32.1. The summed E-state index contributed by atoms with van der Waals surface area (Å²) in [6, 6.07) is 6.01. The number of para-hydroxylation sites is 1. The van der Waals surface area contributed by atoms with Crippen LogP contribution in [0.2, 0.25) is 0 Å². The predicted octanol–water partition coefficient (Wildman–Crippen LogP) is 2.49. The number of nitrogens with one attached hydrogen (secondary N) is 1. The minimum Gasteiger partial charge on any atom is -0.318 e. The molecule has 1 N–H and O–H groups in total. The van der Waals surface area contributed by atoms with Gasteiger partial charge < -0.3 is 5.32 Å². The first-order chi connectivity index (χ1) is 9.16. The highest BCUT2D eigenvalue weighted by Crippen LogP contribution is 2.18. The van der Waals surface area contributed by atoms with Gasteiger partial charge in [-0.2, -0.15) is 9.61 Å². The highest BCUT2D eigenvalue weighted by Gasteiger charge is 2.19. The van der Waals surface area contributed by atoms with Gasteiger partial charge in [-0.05, 0) is 19.1 Å². The third kappa shape index (κ3) is 1.97. The van der Waals surface area contributed by atoms with Crippen LogP contribution in [0.3, 0.4) is 0 Å². The summed E-state index contributed by atoms with van der Waals surface area (Å²) in [4.78, 5) is 17.0. The number of hydrogen-bond donors (Lipinski definition) is 1. The Labute approximate surface area is 111 Å². The van der Waals surface area contributed by atoms with Crippen LogP contribution in [0, 0.1) is 12.7 Å². The molecule has 0 aliphatic carbocycles. The molecule has 3 rings (SSSR count). The van der Waals surface area contributed by atoms with E-state index in [4.69, 9.17) is 0 Å². The van der Waals surface area contributed by atoms with Gasteiger partial charge in [-0.1, -0.05) is 23.5 Å². The van der Waals surface area contributed by atoms with Gasteiger partial charge in [0, 0.05) is 0 Å². The number of benzene rings is 1. The molecule has 0 spiro atoms. The van der Waals surface area contributed by atoms with E-state index in [2.05, 4.69) is 15.4 Å². The Morgan fingerprint density at radius 2 is 2.21 bits per heavy atom. The van der Waals surface area contributed by atoms with Crippen LogP contribution in [0.1, 0.15) is 16.2 Å². The summed E-state index contributed by atoms with van der Waals surface area (Å²) in [5.74, 6) is -0.909. The van der Waals surface area contributed by atoms with E-state index in [1.807, 2.05) is 0 Å². The molecule has 0 fully saturated rings. The number of anilines is 1. The van der Waals surface area contributed by atoms with Crippen molar-refractivity contribution in [3.8, 4) is 0 Å². The molecule has 0 atom stereocenters. The van der Waals surface area contributed by atoms with E-state index in [1.54, 1.807) is 24.6 Å². The molecule has 7 heteroatoms. The number of amides is 1. The first-order valence-corrected chi connectivity index (χ1v) is 6.39. The second-order valence-corrected chi connectivity index (χ2v) is 4.72. The molecule has 1 amide bonds. The molecule has 3 aromatic rings. The van der Waals surface area contributed by atoms with Gasteiger partial charge in [0.15, 0.2) is 5.69 Å². The van der Waals surface area contributed by atoms with E-state index in [1.165, 1.54) is 28.0 Å². The zero-order valence-electron chi connectivity index (χ0n) is 9.92. The van der Waals surface area contributed by atoms with E-state index in [9.17, 15) is 9.18 Å². The number of nitrogens with zero attached hydrogens (tertiary/aromatic N) is 3. The normalized spacial score (nSPS) is 10.8. The number of hydrogen-bond acceptors (Lipinski definition) is 4. The topological polar surface area (TPSA) is 59.3 Å². The van der Waals surface area contributed by atoms with E-state index in [0.717, 1.165) is 0 Å². The van der Waals surface area contributed by atoms with Crippen LogP contribution in [0.4, 0.5) is 10.1 Å². The van der Waals surface area contributed by atoms with Gasteiger partial charge in [-0.25, -0.2) is 9.37 Å². The number of halogens is 1. The van der Waals surface area contributed by atoms with Crippen molar-refractivity contribution < 1.29 is 9.18 Å². The molecule has 0 saturated heterocycles. The molecule has 2 aromatic heterocycles. The quantitative estimate of drug-likeness (QED) is 0.782. The first kappa shape index (κ1) is 11.8. The van der Waals surface area contributed by atoms with Crippen molar-refractivity contribution in [2.45, 2.75) is 6.92 Å². The maximum atomic E-state index is 13.5. The van der Waals surface area contributed by atoms with Crippen molar-refractivity contribution in [3.63, 3.8) is 0 Å². The Kier molecular flexibility index (Phi) is 2.75. The fourth-order valence-corrected chi connectivity index (χ4v) is 2.46. The lowest BCUT2D eigenvalue weighted by molar-refractivity contribution is 0.101. The zero-order chi connectivity index (χ0) is 13.4. The monoisotopic (exact) mass is 276 g/mol. The van der Waals surface area contributed by atoms with Gasteiger partial charge in [0.25, 0.3) is 5.91 Å². The van der Waals surface area contributed by atoms with Gasteiger partial charge in [-0.15, -0.1) is 0 Å². The highest BCUT2D eigenvalue weighted by molar-refractivity contribution is 7.14. The number of aryl methyl sites for hydroxylation is 1. The molecule has 2 heterocycles. The molecule has 1 aromatic carbocycles. The molecular formula is C12H9FN4OS. The fourth-order valence-electron chi connectivity index (χ4n) is 1.80. The Bertz CT molecular complexity index is 764. The molecule has 5 nitrogen and oxygen atoms in total. The van der Waals surface area contributed by atoms with E-state index < -0.39 is 11.7 Å². The maximum Gasteiger partial charge on any atom is 0.276 e. The Morgan fingerprint density at radius 3 is 3.00 bits per heavy atom. The van der Waals surface area contributed by atoms with Crippen molar-refractivity contribution in [2.24, 2.45) is 0 Å². The Morgan fingerprint density at radius 1 is 1.42 bits per heavy atom. The average molecular weight is 276 g/mol. The number of fused-ring (bicyclic) bond motifs is 1. The van der Waals surface area contributed by atoms with Crippen LogP contribution in [0.25, 0.3) is 4.96 Å². The number of carbonyl (C=O) groups is 1. The number of aromatic nitrogens is 3. The molecule has 0 unspecified atom stereocenters. The lowest BCUT2D eigenvalue weighted by Crippen LogP contribution is -2.16. The van der Waals surface area contributed by atoms with E-state index in [-0.39, 0.29) is 5.69 Å². The molecule has 0 saturated carbocycles. The maximum absolute atomic E-state index is 13.5. The van der Waals surface area contributed by atoms with Crippen LogP contribution < -0.4 is 5.32 Å². The van der Waals surface area contributed by atoms with Crippen LogP contribution >= 0.6 is 11.3 Å². The van der Waals surface area contributed by atoms with Crippen molar-refractivity contribution >= 4 is 27.9 Å². The number of rotatable bonds is 2. The van der Waals surface area contributed by atoms with Gasteiger partial charge in [0.05, 0.1) is 11.4 Å². The smallest absolute Gasteiger partial charge is 0.276 e. The summed E-state index contributed by atoms with van der Waals surface area (Å²) < 4.78 is 14.9. The molecule has 0 bridgehead atoms. The summed E-state index contributed by atoms with van der Waals surface area (Å²) in [7, 11) is 0. The largest absolute Gasteiger partial charge is 0.318 e. The summed E-state index contributed by atoms with van der Waals surface area (Å²) in [6.45, 7) is 1.72. The zero-order valence-corrected chi connectivity index (χ0v) is 10.7. The van der Waals surface area contributed by atoms with Gasteiger partial charge in [0.2, 0.25) is 4.96 Å². The first-order valence-electron chi connectivity index (χ1n) is 5.51. The van der Waals surface area contributed by atoms with Crippen molar-refractivity contribution in [1.82, 2.24) is 14.6 Å². The Balaban J connectivity index is 1.98. The lowest BCUT2D eigenvalue weighted by Gasteiger charge is -2.05. The second-order valence-electron chi connectivity index (χ2n) is 3.91. The molecular weight excluding hydrogens is 267 g/mol. The molecule has 19 heavy (non-hydrogen) atoms. The standard InChI is InChI=1S/C12H9FN4OS/c1-7-10(17-12(15-7)19-6-14-17)11(18)16-9-5-3-2-4-8(9)13/h2-6H,1H3,(H,16,18). The molecule has 96 valence electrons. The molecule has 0 radical (unpaired) electrons. The molecule has 0 aliphatic heterocycles. The summed E-state index contributed by atoms with van der Waals surface area (Å²) in [6.07, 6.45) is 0. The van der Waals surface area contributed by atoms with Crippen LogP contribution in [-0.4, -0.2) is 20.5 Å². The predicted molar refractivity (Wildman–Crippen MR) is 70.0 cm³/mol. The van der Waals surface area contributed by atoms with Crippen LogP contribution in [-0.2, 0) is 0 Å². The van der Waals surface area contributed by atoms with E-state index >= 15 is 0 Å². The summed E-state index contributed by atoms with van der Waals surface area (Å²) in [5.41, 5.74) is 2.62. The van der Waals surface area contributed by atoms with Crippen molar-refractivity contribution in [1.29, 1.82) is 0 Å². The third-order valence-electron chi connectivity index (χ3n) is 2.66. The van der Waals surface area contributed by atoms with Crippen molar-refractivity contribution in [3.05, 3.63) is 47.0 Å². The average Bonchev–Trinajstić information content (AvgIpc) is 2.91. The summed E-state index contributed by atoms with van der Waals surface area (Å²) in [5, 5.41) is 6.57.